The number of anilines is 1. The summed E-state index contributed by atoms with van der Waals surface area (Å²) in [5.74, 6) is 0.692. The average Bonchev–Trinajstić information content (AvgIpc) is 3.31. The SMILES string of the molecule is COC(=O)c1ccc(NC(=O)N2CCc3[nH]cnc3C2c2cccc(OC)c2OC)cc1. The van der Waals surface area contributed by atoms with Gasteiger partial charge in [0.1, 0.15) is 6.04 Å². The van der Waals surface area contributed by atoms with E-state index >= 15 is 0 Å². The van der Waals surface area contributed by atoms with Gasteiger partial charge in [0.2, 0.25) is 0 Å². The molecular weight excluding hydrogens is 412 g/mol. The molecule has 2 amide bonds. The van der Waals surface area contributed by atoms with Crippen LogP contribution in [0.2, 0.25) is 0 Å². The molecule has 2 heterocycles. The minimum absolute atomic E-state index is 0.292. The van der Waals surface area contributed by atoms with Crippen LogP contribution in [0.4, 0.5) is 10.5 Å². The molecule has 4 rings (SSSR count). The quantitative estimate of drug-likeness (QED) is 0.594. The maximum atomic E-state index is 13.3. The highest BCUT2D eigenvalue weighted by molar-refractivity contribution is 5.92. The first-order valence-electron chi connectivity index (χ1n) is 10.1. The van der Waals surface area contributed by atoms with Crippen molar-refractivity contribution in [2.75, 3.05) is 33.2 Å². The highest BCUT2D eigenvalue weighted by Crippen LogP contribution is 2.42. The Balaban J connectivity index is 1.67. The van der Waals surface area contributed by atoms with Crippen molar-refractivity contribution in [3.05, 3.63) is 71.3 Å². The number of para-hydroxylation sites is 1. The number of methoxy groups -OCH3 is 3. The zero-order valence-electron chi connectivity index (χ0n) is 18.0. The van der Waals surface area contributed by atoms with Crippen molar-refractivity contribution in [2.45, 2.75) is 12.5 Å². The van der Waals surface area contributed by atoms with E-state index in [9.17, 15) is 9.59 Å². The minimum Gasteiger partial charge on any atom is -0.493 e. The molecule has 0 aliphatic carbocycles. The predicted octanol–water partition coefficient (Wildman–Crippen LogP) is 3.39. The molecule has 2 N–H and O–H groups in total. The smallest absolute Gasteiger partial charge is 0.337 e. The first-order chi connectivity index (χ1) is 15.6. The molecule has 1 atom stereocenters. The Kier molecular flexibility index (Phi) is 5.98. The summed E-state index contributed by atoms with van der Waals surface area (Å²) in [6, 6.07) is 11.3. The van der Waals surface area contributed by atoms with Crippen LogP contribution in [0.15, 0.2) is 48.8 Å². The third kappa shape index (κ3) is 3.84. The summed E-state index contributed by atoms with van der Waals surface area (Å²) >= 11 is 0. The molecule has 32 heavy (non-hydrogen) atoms. The molecule has 9 nitrogen and oxygen atoms in total. The third-order valence-electron chi connectivity index (χ3n) is 5.47. The maximum Gasteiger partial charge on any atom is 0.337 e. The molecule has 1 aliphatic rings. The molecule has 2 aromatic carbocycles. The average molecular weight is 436 g/mol. The Morgan fingerprint density at radius 3 is 2.56 bits per heavy atom. The molecule has 3 aromatic rings. The van der Waals surface area contributed by atoms with Gasteiger partial charge >= 0.3 is 12.0 Å². The highest BCUT2D eigenvalue weighted by atomic mass is 16.5. The second-order valence-corrected chi connectivity index (χ2v) is 7.19. The van der Waals surface area contributed by atoms with Crippen LogP contribution in [0.3, 0.4) is 0 Å². The van der Waals surface area contributed by atoms with Gasteiger partial charge in [-0.3, -0.25) is 0 Å². The van der Waals surface area contributed by atoms with Crippen LogP contribution in [0.25, 0.3) is 0 Å². The Morgan fingerprint density at radius 2 is 1.88 bits per heavy atom. The number of nitrogens with one attached hydrogen (secondary N) is 2. The Labute approximate surface area is 185 Å². The zero-order valence-corrected chi connectivity index (χ0v) is 18.0. The molecule has 9 heteroatoms. The minimum atomic E-state index is -0.468. The normalized spacial score (nSPS) is 15.0. The number of rotatable bonds is 5. The molecule has 1 aromatic heterocycles. The van der Waals surface area contributed by atoms with Gasteiger partial charge in [-0.1, -0.05) is 12.1 Å². The molecule has 166 valence electrons. The van der Waals surface area contributed by atoms with Gasteiger partial charge in [0.25, 0.3) is 0 Å². The molecule has 0 fully saturated rings. The Bertz CT molecular complexity index is 1130. The molecule has 0 radical (unpaired) electrons. The van der Waals surface area contributed by atoms with Gasteiger partial charge in [-0.15, -0.1) is 0 Å². The van der Waals surface area contributed by atoms with Crippen molar-refractivity contribution >= 4 is 17.7 Å². The fourth-order valence-corrected chi connectivity index (χ4v) is 3.94. The summed E-state index contributed by atoms with van der Waals surface area (Å²) in [6.45, 7) is 0.478. The van der Waals surface area contributed by atoms with Crippen molar-refractivity contribution in [2.24, 2.45) is 0 Å². The number of amides is 2. The lowest BCUT2D eigenvalue weighted by Gasteiger charge is -2.36. The van der Waals surface area contributed by atoms with Crippen molar-refractivity contribution in [1.29, 1.82) is 0 Å². The number of aromatic amines is 1. The number of hydrogen-bond acceptors (Lipinski definition) is 6. The van der Waals surface area contributed by atoms with E-state index in [1.165, 1.54) is 7.11 Å². The maximum absolute atomic E-state index is 13.3. The zero-order chi connectivity index (χ0) is 22.7. The van der Waals surface area contributed by atoms with E-state index in [0.29, 0.717) is 35.7 Å². The molecule has 1 unspecified atom stereocenters. The van der Waals surface area contributed by atoms with Crippen LogP contribution in [-0.4, -0.2) is 54.7 Å². The van der Waals surface area contributed by atoms with Gasteiger partial charge in [0.15, 0.2) is 11.5 Å². The number of fused-ring (bicyclic) bond motifs is 1. The molecule has 0 saturated heterocycles. The monoisotopic (exact) mass is 436 g/mol. The molecule has 1 aliphatic heterocycles. The first-order valence-corrected chi connectivity index (χ1v) is 10.1. The van der Waals surface area contributed by atoms with Crippen LogP contribution < -0.4 is 14.8 Å². The van der Waals surface area contributed by atoms with Crippen molar-refractivity contribution in [3.63, 3.8) is 0 Å². The van der Waals surface area contributed by atoms with Gasteiger partial charge in [0.05, 0.1) is 38.9 Å². The number of urea groups is 1. The highest BCUT2D eigenvalue weighted by Gasteiger charge is 2.36. The lowest BCUT2D eigenvalue weighted by atomic mass is 9.95. The Morgan fingerprint density at radius 1 is 1.09 bits per heavy atom. The van der Waals surface area contributed by atoms with Crippen molar-refractivity contribution in [3.8, 4) is 11.5 Å². The Hall–Kier alpha value is -4.01. The lowest BCUT2D eigenvalue weighted by molar-refractivity contribution is 0.0600. The summed E-state index contributed by atoms with van der Waals surface area (Å²) in [5, 5.41) is 2.91. The number of carbonyl (C=O) groups is 2. The summed E-state index contributed by atoms with van der Waals surface area (Å²) in [5.41, 5.74) is 3.48. The fraction of sp³-hybridized carbons (Fsp3) is 0.261. The van der Waals surface area contributed by atoms with E-state index in [4.69, 9.17) is 14.2 Å². The standard InChI is InChI=1S/C23H24N4O5/c1-30-18-6-4-5-16(21(18)31-2)20-19-17(24-13-25-19)11-12-27(20)23(29)26-15-9-7-14(8-10-15)22(28)32-3/h4-10,13,20H,11-12H2,1-3H3,(H,24,25)(H,26,29). The summed E-state index contributed by atoms with van der Waals surface area (Å²) in [6.07, 6.45) is 2.28. The van der Waals surface area contributed by atoms with Crippen molar-refractivity contribution in [1.82, 2.24) is 14.9 Å². The van der Waals surface area contributed by atoms with Crippen molar-refractivity contribution < 1.29 is 23.8 Å². The van der Waals surface area contributed by atoms with Crippen LogP contribution in [0, 0.1) is 0 Å². The van der Waals surface area contributed by atoms with Gasteiger partial charge < -0.3 is 29.4 Å². The number of imidazole rings is 1. The van der Waals surface area contributed by atoms with Gasteiger partial charge in [-0.05, 0) is 30.3 Å². The predicted molar refractivity (Wildman–Crippen MR) is 117 cm³/mol. The number of carbonyl (C=O) groups excluding carboxylic acids is 2. The topological polar surface area (TPSA) is 106 Å². The summed E-state index contributed by atoms with van der Waals surface area (Å²) in [7, 11) is 4.47. The number of hydrogen-bond donors (Lipinski definition) is 2. The molecule has 0 saturated carbocycles. The summed E-state index contributed by atoms with van der Waals surface area (Å²) < 4.78 is 15.8. The van der Waals surface area contributed by atoms with E-state index in [1.807, 2.05) is 18.2 Å². The van der Waals surface area contributed by atoms with Gasteiger partial charge in [-0.25, -0.2) is 14.6 Å². The van der Waals surface area contributed by atoms with Crippen LogP contribution >= 0.6 is 0 Å². The van der Waals surface area contributed by atoms with Crippen LogP contribution in [0.1, 0.15) is 33.4 Å². The number of H-pyrrole nitrogens is 1. The van der Waals surface area contributed by atoms with Crippen LogP contribution in [0.5, 0.6) is 11.5 Å². The number of nitrogens with zero attached hydrogens (tertiary/aromatic N) is 2. The van der Waals surface area contributed by atoms with E-state index in [0.717, 1.165) is 17.0 Å². The third-order valence-corrected chi connectivity index (χ3v) is 5.47. The second kappa shape index (κ2) is 9.01. The first kappa shape index (κ1) is 21.2. The van der Waals surface area contributed by atoms with E-state index in [1.54, 1.807) is 49.7 Å². The summed E-state index contributed by atoms with van der Waals surface area (Å²) in [4.78, 5) is 34.4. The molecule has 0 bridgehead atoms. The number of aromatic nitrogens is 2. The van der Waals surface area contributed by atoms with E-state index in [2.05, 4.69) is 15.3 Å². The van der Waals surface area contributed by atoms with Gasteiger partial charge in [0, 0.05) is 29.9 Å². The van der Waals surface area contributed by atoms with E-state index in [-0.39, 0.29) is 6.03 Å². The van der Waals surface area contributed by atoms with Crippen LogP contribution in [-0.2, 0) is 11.2 Å². The van der Waals surface area contributed by atoms with Gasteiger partial charge in [-0.2, -0.15) is 0 Å². The number of benzene rings is 2. The van der Waals surface area contributed by atoms with E-state index < -0.39 is 12.0 Å². The molecule has 0 spiro atoms. The fourth-order valence-electron chi connectivity index (χ4n) is 3.94. The lowest BCUT2D eigenvalue weighted by Crippen LogP contribution is -2.43. The largest absolute Gasteiger partial charge is 0.493 e. The number of esters is 1. The number of ether oxygens (including phenoxy) is 3. The second-order valence-electron chi connectivity index (χ2n) is 7.19. The molecular formula is C23H24N4O5.